The van der Waals surface area contributed by atoms with Crippen LogP contribution in [0, 0.1) is 0 Å². The summed E-state index contributed by atoms with van der Waals surface area (Å²) >= 11 is 0. The molecule has 0 amide bonds. The van der Waals surface area contributed by atoms with E-state index in [2.05, 4.69) is 17.1 Å². The van der Waals surface area contributed by atoms with Gasteiger partial charge in [0.1, 0.15) is 0 Å². The van der Waals surface area contributed by atoms with Gasteiger partial charge in [-0.2, -0.15) is 6.20 Å². The van der Waals surface area contributed by atoms with Crippen LogP contribution >= 0.6 is 0 Å². The smallest absolute Gasteiger partial charge is 0.0230 e. The number of allylic oxidation sites excluding steroid dienone is 1. The van der Waals surface area contributed by atoms with E-state index in [4.69, 9.17) is 0 Å². The Morgan fingerprint density at radius 2 is 2.50 bits per heavy atom. The molecule has 2 nitrogen and oxygen atoms in total. The normalized spacial score (nSPS) is 11.0. The van der Waals surface area contributed by atoms with Gasteiger partial charge in [-0.3, -0.25) is 0 Å². The molecular weight excluding hydrogens is 124 g/mol. The molecule has 0 saturated heterocycles. The zero-order valence-corrected chi connectivity index (χ0v) is 6.33. The second-order valence-electron chi connectivity index (χ2n) is 2.10. The molecule has 0 aliphatic heterocycles. The molecule has 0 aromatic carbocycles. The van der Waals surface area contributed by atoms with Crippen molar-refractivity contribution >= 4 is 6.08 Å². The summed E-state index contributed by atoms with van der Waals surface area (Å²) in [6.07, 6.45) is 6.77. The second-order valence-corrected chi connectivity index (χ2v) is 2.10. The first-order chi connectivity index (χ1) is 4.88. The summed E-state index contributed by atoms with van der Waals surface area (Å²) in [6, 6.07) is 0. The lowest BCUT2D eigenvalue weighted by Crippen LogP contribution is -1.82. The predicted molar refractivity (Wildman–Crippen MR) is 41.6 cm³/mol. The maximum Gasteiger partial charge on any atom is 0.0230 e. The van der Waals surface area contributed by atoms with Crippen molar-refractivity contribution in [3.63, 3.8) is 0 Å². The molecule has 0 unspecified atom stereocenters. The van der Waals surface area contributed by atoms with Crippen LogP contribution in [0.15, 0.2) is 12.3 Å². The van der Waals surface area contributed by atoms with Crippen LogP contribution in [0.1, 0.15) is 25.1 Å². The quantitative estimate of drug-likeness (QED) is 0.616. The second kappa shape index (κ2) is 3.20. The number of hydrogen-bond acceptors (Lipinski definition) is 1. The Balaban J connectivity index is 2.90. The molecule has 0 spiro atoms. The van der Waals surface area contributed by atoms with Crippen LogP contribution in [-0.2, 0) is 6.42 Å². The predicted octanol–water partition coefficient (Wildman–Crippen LogP) is 1.63. The van der Waals surface area contributed by atoms with Crippen molar-refractivity contribution in [3.05, 3.63) is 23.5 Å². The fraction of sp³-hybridized carbons (Fsp3) is 0.375. The van der Waals surface area contributed by atoms with Gasteiger partial charge in [0.05, 0.1) is 0 Å². The summed E-state index contributed by atoms with van der Waals surface area (Å²) in [7, 11) is 0. The molecule has 0 fully saturated rings. The summed E-state index contributed by atoms with van der Waals surface area (Å²) in [5.74, 6) is 0. The Hall–Kier alpha value is -1.05. The molecule has 0 saturated carbocycles. The zero-order valence-electron chi connectivity index (χ0n) is 6.33. The largest absolute Gasteiger partial charge is 0.581 e. The monoisotopic (exact) mass is 135 g/mol. The van der Waals surface area contributed by atoms with Crippen LogP contribution in [0.5, 0.6) is 0 Å². The molecule has 2 heteroatoms. The maximum absolute atomic E-state index is 3.95. The fourth-order valence-electron chi connectivity index (χ4n) is 0.887. The summed E-state index contributed by atoms with van der Waals surface area (Å²) in [4.78, 5) is 0. The molecule has 0 bridgehead atoms. The topological polar surface area (TPSA) is 27.0 Å². The maximum atomic E-state index is 3.95. The van der Waals surface area contributed by atoms with Crippen LogP contribution in [0.4, 0.5) is 0 Å². The number of hydrogen-bond donors (Lipinski definition) is 0. The molecule has 1 aromatic rings. The SMILES string of the molecule is C/C=C\c1c[n-]nc1CC. The van der Waals surface area contributed by atoms with Gasteiger partial charge in [-0.15, -0.1) is 0 Å². The molecule has 54 valence electrons. The van der Waals surface area contributed by atoms with E-state index in [1.54, 1.807) is 6.20 Å². The highest BCUT2D eigenvalue weighted by atomic mass is 15.1. The highest BCUT2D eigenvalue weighted by molar-refractivity contribution is 5.50. The van der Waals surface area contributed by atoms with Crippen molar-refractivity contribution in [2.45, 2.75) is 20.3 Å². The molecule has 0 N–H and O–H groups in total. The third kappa shape index (κ3) is 1.26. The molecule has 0 radical (unpaired) electrons. The van der Waals surface area contributed by atoms with E-state index >= 15 is 0 Å². The minimum Gasteiger partial charge on any atom is -0.581 e. The van der Waals surface area contributed by atoms with E-state index in [1.807, 2.05) is 19.1 Å². The molecule has 10 heavy (non-hydrogen) atoms. The number of nitrogens with zero attached hydrogens (tertiary/aromatic N) is 2. The first-order valence-electron chi connectivity index (χ1n) is 3.48. The molecule has 0 aliphatic carbocycles. The third-order valence-corrected chi connectivity index (χ3v) is 1.39. The van der Waals surface area contributed by atoms with Crippen LogP contribution in [-0.4, -0.2) is 5.10 Å². The van der Waals surface area contributed by atoms with Crippen LogP contribution in [0.3, 0.4) is 0 Å². The molecule has 0 atom stereocenters. The lowest BCUT2D eigenvalue weighted by molar-refractivity contribution is 0.958. The van der Waals surface area contributed by atoms with E-state index in [0.717, 1.165) is 17.7 Å². The van der Waals surface area contributed by atoms with Crippen LogP contribution < -0.4 is 5.10 Å². The first kappa shape index (κ1) is 7.06. The summed E-state index contributed by atoms with van der Waals surface area (Å²) in [5, 5.41) is 7.76. The van der Waals surface area contributed by atoms with Gasteiger partial charge in [0.15, 0.2) is 0 Å². The lowest BCUT2D eigenvalue weighted by Gasteiger charge is -1.93. The average molecular weight is 135 g/mol. The summed E-state index contributed by atoms with van der Waals surface area (Å²) in [5.41, 5.74) is 2.23. The zero-order chi connectivity index (χ0) is 7.40. The highest BCUT2D eigenvalue weighted by Crippen LogP contribution is 2.05. The highest BCUT2D eigenvalue weighted by Gasteiger charge is 1.90. The first-order valence-corrected chi connectivity index (χ1v) is 3.48. The average Bonchev–Trinajstić information content (AvgIpc) is 2.36. The van der Waals surface area contributed by atoms with Crippen molar-refractivity contribution in [1.29, 1.82) is 0 Å². The van der Waals surface area contributed by atoms with E-state index < -0.39 is 0 Å². The minimum absolute atomic E-state index is 0.958. The van der Waals surface area contributed by atoms with Gasteiger partial charge in [-0.25, -0.2) is 0 Å². The van der Waals surface area contributed by atoms with Crippen molar-refractivity contribution in [3.8, 4) is 0 Å². The number of rotatable bonds is 2. The Bertz CT molecular complexity index is 223. The van der Waals surface area contributed by atoms with E-state index in [-0.39, 0.29) is 0 Å². The van der Waals surface area contributed by atoms with Crippen molar-refractivity contribution in [1.82, 2.24) is 10.2 Å². The third-order valence-electron chi connectivity index (χ3n) is 1.39. The van der Waals surface area contributed by atoms with Crippen molar-refractivity contribution in [2.75, 3.05) is 0 Å². The molecule has 1 rings (SSSR count). The Morgan fingerprint density at radius 3 is 3.10 bits per heavy atom. The molecule has 0 aliphatic rings. The number of aromatic nitrogens is 2. The van der Waals surface area contributed by atoms with Crippen molar-refractivity contribution in [2.24, 2.45) is 0 Å². The molecular formula is C8H11N2-. The van der Waals surface area contributed by atoms with Crippen LogP contribution in [0.25, 0.3) is 6.08 Å². The van der Waals surface area contributed by atoms with E-state index in [0.29, 0.717) is 0 Å². The Kier molecular flexibility index (Phi) is 2.26. The van der Waals surface area contributed by atoms with Gasteiger partial charge in [0, 0.05) is 5.69 Å². The molecule has 1 aromatic heterocycles. The van der Waals surface area contributed by atoms with Gasteiger partial charge in [-0.1, -0.05) is 19.1 Å². The van der Waals surface area contributed by atoms with Gasteiger partial charge in [-0.05, 0) is 18.9 Å². The Morgan fingerprint density at radius 1 is 1.70 bits per heavy atom. The van der Waals surface area contributed by atoms with Gasteiger partial charge >= 0.3 is 0 Å². The van der Waals surface area contributed by atoms with Gasteiger partial charge in [0.25, 0.3) is 0 Å². The fourth-order valence-corrected chi connectivity index (χ4v) is 0.887. The standard InChI is InChI=1S/C8H11N2/c1-3-5-7-6-9-10-8(7)4-2/h3,5-6H,4H2,1-2H3/q-1/b5-3-. The van der Waals surface area contributed by atoms with Crippen molar-refractivity contribution < 1.29 is 0 Å². The Labute approximate surface area is 61.0 Å². The summed E-state index contributed by atoms with van der Waals surface area (Å²) < 4.78 is 0. The van der Waals surface area contributed by atoms with Gasteiger partial charge < -0.3 is 10.2 Å². The lowest BCUT2D eigenvalue weighted by atomic mass is 10.2. The van der Waals surface area contributed by atoms with E-state index in [9.17, 15) is 0 Å². The van der Waals surface area contributed by atoms with E-state index in [1.165, 1.54) is 0 Å². The minimum atomic E-state index is 0.958. The summed E-state index contributed by atoms with van der Waals surface area (Å²) in [6.45, 7) is 4.07. The van der Waals surface area contributed by atoms with Gasteiger partial charge in [0.2, 0.25) is 0 Å². The molecule has 1 heterocycles. The number of aryl methyl sites for hydroxylation is 1. The van der Waals surface area contributed by atoms with Crippen LogP contribution in [0.2, 0.25) is 0 Å².